The molecule has 0 saturated carbocycles. The van der Waals surface area contributed by atoms with Crippen molar-refractivity contribution in [2.75, 3.05) is 26.2 Å². The van der Waals surface area contributed by atoms with Gasteiger partial charge in [0.2, 0.25) is 0 Å². The summed E-state index contributed by atoms with van der Waals surface area (Å²) in [4.78, 5) is 3.85. The smallest absolute Gasteiger partial charge is 0.287 e. The van der Waals surface area contributed by atoms with Crippen LogP contribution in [0.4, 0.5) is 8.78 Å². The summed E-state index contributed by atoms with van der Waals surface area (Å²) in [5.74, 6) is -2.70. The highest BCUT2D eigenvalue weighted by Gasteiger charge is 2.27. The Morgan fingerprint density at radius 2 is 2.42 bits per heavy atom. The molecule has 12 heavy (non-hydrogen) atoms. The summed E-state index contributed by atoms with van der Waals surface area (Å²) in [7, 11) is 0. The minimum Gasteiger partial charge on any atom is -0.390 e. The average molecular weight is 179 g/mol. The molecule has 0 aliphatic carbocycles. The van der Waals surface area contributed by atoms with Gasteiger partial charge in [-0.25, -0.2) is 8.78 Å². The molecule has 0 bridgehead atoms. The van der Waals surface area contributed by atoms with Gasteiger partial charge in [-0.2, -0.15) is 0 Å². The summed E-state index contributed by atoms with van der Waals surface area (Å²) < 4.78 is 24.8. The average Bonchev–Trinajstić information content (AvgIpc) is 2.53. The summed E-state index contributed by atoms with van der Waals surface area (Å²) in [5, 5.41) is 13.4. The van der Waals surface area contributed by atoms with Crippen molar-refractivity contribution in [3.05, 3.63) is 0 Å². The number of rotatable bonds is 3. The van der Waals surface area contributed by atoms with Gasteiger partial charge in [0.1, 0.15) is 6.61 Å². The number of hydrogen-bond acceptors (Lipinski definition) is 4. The fourth-order valence-corrected chi connectivity index (χ4v) is 0.785. The van der Waals surface area contributed by atoms with Gasteiger partial charge in [0, 0.05) is 6.54 Å². The van der Waals surface area contributed by atoms with E-state index in [1.165, 1.54) is 0 Å². The Morgan fingerprint density at radius 3 is 2.92 bits per heavy atom. The second-order valence-electron chi connectivity index (χ2n) is 2.52. The number of hydrogen-bond donors (Lipinski definition) is 3. The molecule has 1 rings (SSSR count). The van der Waals surface area contributed by atoms with Gasteiger partial charge in [0.25, 0.3) is 5.92 Å². The summed E-state index contributed by atoms with van der Waals surface area (Å²) in [6.45, 7) is -0.456. The van der Waals surface area contributed by atoms with E-state index < -0.39 is 19.1 Å². The fourth-order valence-electron chi connectivity index (χ4n) is 0.785. The number of nitrogens with zero attached hydrogens (tertiary/aromatic N) is 1. The topological polar surface area (TPSA) is 56.6 Å². The van der Waals surface area contributed by atoms with Crippen LogP contribution in [0, 0.1) is 0 Å². The Balaban J connectivity index is 2.24. The van der Waals surface area contributed by atoms with Gasteiger partial charge in [-0.1, -0.05) is 0 Å². The first kappa shape index (κ1) is 9.18. The first-order valence-electron chi connectivity index (χ1n) is 3.65. The zero-order chi connectivity index (χ0) is 9.03. The lowest BCUT2D eigenvalue weighted by Gasteiger charge is -2.14. The van der Waals surface area contributed by atoms with Crippen molar-refractivity contribution in [1.82, 2.24) is 10.6 Å². The maximum Gasteiger partial charge on any atom is 0.287 e. The molecule has 0 aromatic carbocycles. The molecule has 6 heteroatoms. The van der Waals surface area contributed by atoms with Crippen molar-refractivity contribution >= 4 is 5.96 Å². The third kappa shape index (κ3) is 2.61. The van der Waals surface area contributed by atoms with Crippen LogP contribution in [-0.4, -0.2) is 43.2 Å². The molecular weight excluding hydrogens is 168 g/mol. The fraction of sp³-hybridized carbons (Fsp3) is 0.833. The molecule has 0 spiro atoms. The van der Waals surface area contributed by atoms with E-state index in [9.17, 15) is 8.78 Å². The van der Waals surface area contributed by atoms with Crippen molar-refractivity contribution < 1.29 is 13.9 Å². The molecule has 0 amide bonds. The summed E-state index contributed by atoms with van der Waals surface area (Å²) in [6.07, 6.45) is 0. The Kier molecular flexibility index (Phi) is 2.80. The van der Waals surface area contributed by atoms with E-state index in [0.717, 1.165) is 0 Å². The van der Waals surface area contributed by atoms with Crippen LogP contribution in [0.15, 0.2) is 4.99 Å². The Labute approximate surface area is 68.7 Å². The van der Waals surface area contributed by atoms with Crippen LogP contribution in [0.25, 0.3) is 0 Å². The van der Waals surface area contributed by atoms with Crippen LogP contribution >= 0.6 is 0 Å². The molecule has 0 radical (unpaired) electrons. The second-order valence-corrected chi connectivity index (χ2v) is 2.52. The molecule has 0 fully saturated rings. The standard InChI is InChI=1S/C6H11F2N3O/c7-6(8,4-12)3-11-5-9-1-2-10-5/h12H,1-4H2,(H2,9,10,11). The van der Waals surface area contributed by atoms with Crippen LogP contribution in [0.1, 0.15) is 0 Å². The number of nitrogens with one attached hydrogen (secondary N) is 2. The van der Waals surface area contributed by atoms with Crippen LogP contribution in [0.2, 0.25) is 0 Å². The van der Waals surface area contributed by atoms with Crippen LogP contribution in [-0.2, 0) is 0 Å². The van der Waals surface area contributed by atoms with E-state index in [1.54, 1.807) is 0 Å². The number of guanidine groups is 1. The Bertz CT molecular complexity index is 184. The minimum absolute atomic E-state index is 0.378. The number of alkyl halides is 2. The highest BCUT2D eigenvalue weighted by atomic mass is 19.3. The number of aliphatic imine (C=N–C) groups is 1. The minimum atomic E-state index is -3.08. The molecule has 0 unspecified atom stereocenters. The van der Waals surface area contributed by atoms with Gasteiger partial charge < -0.3 is 15.7 Å². The number of aliphatic hydroxyl groups excluding tert-OH is 1. The molecule has 4 nitrogen and oxygen atoms in total. The van der Waals surface area contributed by atoms with E-state index in [2.05, 4.69) is 15.6 Å². The van der Waals surface area contributed by atoms with Gasteiger partial charge >= 0.3 is 0 Å². The van der Waals surface area contributed by atoms with Crippen molar-refractivity contribution in [3.63, 3.8) is 0 Å². The quantitative estimate of drug-likeness (QED) is 0.529. The maximum atomic E-state index is 12.4. The van der Waals surface area contributed by atoms with Crippen LogP contribution in [0.3, 0.4) is 0 Å². The maximum absolute atomic E-state index is 12.4. The normalized spacial score (nSPS) is 17.1. The lowest BCUT2D eigenvalue weighted by Crippen LogP contribution is -2.43. The van der Waals surface area contributed by atoms with E-state index in [0.29, 0.717) is 19.0 Å². The molecule has 0 saturated heterocycles. The number of aliphatic hydroxyl groups is 1. The first-order valence-corrected chi connectivity index (χ1v) is 3.65. The van der Waals surface area contributed by atoms with E-state index in [1.807, 2.05) is 0 Å². The molecule has 0 atom stereocenters. The molecule has 3 N–H and O–H groups in total. The van der Waals surface area contributed by atoms with E-state index in [-0.39, 0.29) is 0 Å². The van der Waals surface area contributed by atoms with Gasteiger partial charge in [0.05, 0.1) is 13.1 Å². The van der Waals surface area contributed by atoms with Crippen molar-refractivity contribution in [2.45, 2.75) is 5.92 Å². The zero-order valence-corrected chi connectivity index (χ0v) is 6.48. The molecule has 1 heterocycles. The Morgan fingerprint density at radius 1 is 1.67 bits per heavy atom. The van der Waals surface area contributed by atoms with E-state index in [4.69, 9.17) is 5.11 Å². The number of halogens is 2. The first-order chi connectivity index (χ1) is 5.64. The van der Waals surface area contributed by atoms with Crippen molar-refractivity contribution in [1.29, 1.82) is 0 Å². The molecule has 70 valence electrons. The summed E-state index contributed by atoms with van der Waals surface area (Å²) >= 11 is 0. The highest BCUT2D eigenvalue weighted by Crippen LogP contribution is 2.09. The molecule has 1 aliphatic rings. The van der Waals surface area contributed by atoms with Crippen LogP contribution < -0.4 is 10.6 Å². The zero-order valence-electron chi connectivity index (χ0n) is 6.48. The summed E-state index contributed by atoms with van der Waals surface area (Å²) in [6, 6.07) is 0. The lowest BCUT2D eigenvalue weighted by atomic mass is 10.3. The Hall–Kier alpha value is -0.910. The van der Waals surface area contributed by atoms with Crippen LogP contribution in [0.5, 0.6) is 0 Å². The van der Waals surface area contributed by atoms with Gasteiger partial charge in [-0.3, -0.25) is 4.99 Å². The molecule has 1 aliphatic heterocycles. The molecule has 0 aromatic rings. The third-order valence-corrected chi connectivity index (χ3v) is 1.42. The predicted octanol–water partition coefficient (Wildman–Crippen LogP) is -0.837. The molecular formula is C6H11F2N3O. The van der Waals surface area contributed by atoms with Crippen molar-refractivity contribution in [2.24, 2.45) is 4.99 Å². The largest absolute Gasteiger partial charge is 0.390 e. The van der Waals surface area contributed by atoms with E-state index >= 15 is 0 Å². The molecule has 0 aromatic heterocycles. The summed E-state index contributed by atoms with van der Waals surface area (Å²) in [5.41, 5.74) is 0. The van der Waals surface area contributed by atoms with Gasteiger partial charge in [-0.15, -0.1) is 0 Å². The monoisotopic (exact) mass is 179 g/mol. The second kappa shape index (κ2) is 3.66. The third-order valence-electron chi connectivity index (χ3n) is 1.42. The lowest BCUT2D eigenvalue weighted by molar-refractivity contribution is -0.0444. The SMILES string of the molecule is OCC(F)(F)CNC1=NCCN1. The van der Waals surface area contributed by atoms with Crippen molar-refractivity contribution in [3.8, 4) is 0 Å². The predicted molar refractivity (Wildman–Crippen MR) is 40.3 cm³/mol. The highest BCUT2D eigenvalue weighted by molar-refractivity contribution is 5.81. The van der Waals surface area contributed by atoms with Gasteiger partial charge in [-0.05, 0) is 0 Å². The van der Waals surface area contributed by atoms with Gasteiger partial charge in [0.15, 0.2) is 5.96 Å².